The van der Waals surface area contributed by atoms with Crippen LogP contribution in [0, 0.1) is 30.6 Å². The van der Waals surface area contributed by atoms with Crippen molar-refractivity contribution in [2.24, 2.45) is 23.7 Å². The fourth-order valence-corrected chi connectivity index (χ4v) is 5.67. The fraction of sp³-hybridized carbons (Fsp3) is 0.409. The highest BCUT2D eigenvalue weighted by Gasteiger charge is 2.58. The number of hydrogen-bond acceptors (Lipinski definition) is 6. The molecule has 30 heavy (non-hydrogen) atoms. The van der Waals surface area contributed by atoms with Crippen molar-refractivity contribution >= 4 is 34.2 Å². The maximum Gasteiger partial charge on any atom is 0.249 e. The maximum atomic E-state index is 13.4. The van der Waals surface area contributed by atoms with Crippen molar-refractivity contribution in [1.29, 1.82) is 0 Å². The second-order valence-corrected chi connectivity index (χ2v) is 9.39. The van der Waals surface area contributed by atoms with Crippen LogP contribution < -0.4 is 5.32 Å². The molecule has 3 aliphatic carbocycles. The van der Waals surface area contributed by atoms with Gasteiger partial charge < -0.3 is 0 Å². The van der Waals surface area contributed by atoms with Crippen LogP contribution in [0.25, 0.3) is 0 Å². The van der Waals surface area contributed by atoms with Crippen molar-refractivity contribution in [3.05, 3.63) is 53.1 Å². The number of carbonyl (C=O) groups excluding carboxylic acids is 3. The number of hydrogen-bond donors (Lipinski definition) is 1. The molecule has 2 aromatic rings. The lowest BCUT2D eigenvalue weighted by atomic mass is 9.63. The van der Waals surface area contributed by atoms with E-state index >= 15 is 0 Å². The number of anilines is 1. The lowest BCUT2D eigenvalue weighted by Gasteiger charge is -2.38. The molecule has 0 radical (unpaired) electrons. The standard InChI is InChI=1S/C22H22N4O3S/c1-12-24-25-22(30-12)23-19(27)16(11-13-5-3-2-4-6-13)26-20(28)17-14-7-8-15(10-9-14)18(17)21(26)29/h2-8,14-18H,9-11H2,1H3,(H,23,25,27). The van der Waals surface area contributed by atoms with Gasteiger partial charge in [0.1, 0.15) is 11.0 Å². The Morgan fingerprint density at radius 3 is 2.27 bits per heavy atom. The quantitative estimate of drug-likeness (QED) is 0.591. The van der Waals surface area contributed by atoms with Gasteiger partial charge in [-0.15, -0.1) is 10.2 Å². The molecule has 2 heterocycles. The number of aryl methyl sites for hydroxylation is 1. The molecule has 2 bridgehead atoms. The Hall–Kier alpha value is -2.87. The number of rotatable bonds is 5. The molecule has 1 saturated heterocycles. The average molecular weight is 423 g/mol. The molecule has 5 atom stereocenters. The second kappa shape index (κ2) is 7.43. The smallest absolute Gasteiger partial charge is 0.249 e. The van der Waals surface area contributed by atoms with Crippen LogP contribution in [-0.4, -0.2) is 38.9 Å². The van der Waals surface area contributed by atoms with Crippen LogP contribution in [0.2, 0.25) is 0 Å². The zero-order valence-corrected chi connectivity index (χ0v) is 17.3. The van der Waals surface area contributed by atoms with Crippen molar-refractivity contribution in [3.63, 3.8) is 0 Å². The predicted octanol–water partition coefficient (Wildman–Crippen LogP) is 2.59. The van der Waals surface area contributed by atoms with E-state index in [1.807, 2.05) is 30.3 Å². The highest BCUT2D eigenvalue weighted by Crippen LogP contribution is 2.50. The van der Waals surface area contributed by atoms with E-state index in [0.717, 1.165) is 23.4 Å². The summed E-state index contributed by atoms with van der Waals surface area (Å²) in [6.07, 6.45) is 6.29. The number of imide groups is 1. The maximum absolute atomic E-state index is 13.4. The molecule has 7 nitrogen and oxygen atoms in total. The second-order valence-electron chi connectivity index (χ2n) is 8.21. The number of aromatic nitrogens is 2. The zero-order chi connectivity index (χ0) is 20.8. The van der Waals surface area contributed by atoms with Crippen molar-refractivity contribution in [2.45, 2.75) is 32.2 Å². The highest BCUT2D eigenvalue weighted by molar-refractivity contribution is 7.15. The van der Waals surface area contributed by atoms with Gasteiger partial charge in [0.2, 0.25) is 22.9 Å². The van der Waals surface area contributed by atoms with Crippen LogP contribution in [-0.2, 0) is 20.8 Å². The third-order valence-electron chi connectivity index (χ3n) is 6.44. The first-order chi connectivity index (χ1) is 14.5. The summed E-state index contributed by atoms with van der Waals surface area (Å²) in [5.41, 5.74) is 0.891. The molecule has 154 valence electrons. The number of fused-ring (bicyclic) bond motifs is 1. The first-order valence-corrected chi connectivity index (χ1v) is 11.0. The van der Waals surface area contributed by atoms with E-state index in [4.69, 9.17) is 0 Å². The van der Waals surface area contributed by atoms with E-state index in [0.29, 0.717) is 5.13 Å². The van der Waals surface area contributed by atoms with E-state index in [-0.39, 0.29) is 41.9 Å². The van der Waals surface area contributed by atoms with Crippen molar-refractivity contribution in [3.8, 4) is 0 Å². The Morgan fingerprint density at radius 1 is 1.10 bits per heavy atom. The number of nitrogens with one attached hydrogen (secondary N) is 1. The Bertz CT molecular complexity index is 1000. The van der Waals surface area contributed by atoms with Gasteiger partial charge in [-0.3, -0.25) is 24.6 Å². The lowest BCUT2D eigenvalue weighted by molar-refractivity contribution is -0.146. The Kier molecular flexibility index (Phi) is 4.73. The van der Waals surface area contributed by atoms with E-state index < -0.39 is 11.9 Å². The largest absolute Gasteiger partial charge is 0.299 e. The highest BCUT2D eigenvalue weighted by atomic mass is 32.1. The van der Waals surface area contributed by atoms with Gasteiger partial charge in [0.05, 0.1) is 11.8 Å². The van der Waals surface area contributed by atoms with Crippen LogP contribution in [0.1, 0.15) is 23.4 Å². The first kappa shape index (κ1) is 19.1. The molecule has 3 amide bonds. The summed E-state index contributed by atoms with van der Waals surface area (Å²) < 4.78 is 0. The van der Waals surface area contributed by atoms with Gasteiger partial charge >= 0.3 is 0 Å². The molecule has 1 N–H and O–H groups in total. The van der Waals surface area contributed by atoms with Gasteiger partial charge in [-0.1, -0.05) is 53.8 Å². The van der Waals surface area contributed by atoms with E-state index in [1.165, 1.54) is 16.2 Å². The van der Waals surface area contributed by atoms with E-state index in [9.17, 15) is 14.4 Å². The molecule has 0 spiro atoms. The number of amides is 3. The minimum atomic E-state index is -0.915. The molecule has 1 aromatic heterocycles. The summed E-state index contributed by atoms with van der Waals surface area (Å²) in [6, 6.07) is 8.55. The monoisotopic (exact) mass is 422 g/mol. The van der Waals surface area contributed by atoms with Crippen LogP contribution in [0.4, 0.5) is 5.13 Å². The van der Waals surface area contributed by atoms with E-state index in [1.54, 1.807) is 6.92 Å². The van der Waals surface area contributed by atoms with Crippen molar-refractivity contribution < 1.29 is 14.4 Å². The Balaban J connectivity index is 1.47. The summed E-state index contributed by atoms with van der Waals surface area (Å²) in [7, 11) is 0. The minimum absolute atomic E-state index is 0.0905. The number of carbonyl (C=O) groups is 3. The lowest BCUT2D eigenvalue weighted by Crippen LogP contribution is -2.49. The number of likely N-dealkylation sites (tertiary alicyclic amines) is 1. The zero-order valence-electron chi connectivity index (χ0n) is 16.5. The van der Waals surface area contributed by atoms with Gasteiger partial charge in [0, 0.05) is 6.42 Å². The fourth-order valence-electron chi connectivity index (χ4n) is 5.08. The van der Waals surface area contributed by atoms with Crippen molar-refractivity contribution in [1.82, 2.24) is 15.1 Å². The SMILES string of the molecule is Cc1nnc(NC(=O)C(Cc2ccccc2)N2C(=O)C3C4C=CC(CC4)C3C2=O)s1. The van der Waals surface area contributed by atoms with Gasteiger partial charge in [-0.2, -0.15) is 0 Å². The van der Waals surface area contributed by atoms with Gasteiger partial charge in [0.25, 0.3) is 0 Å². The summed E-state index contributed by atoms with van der Waals surface area (Å²) in [4.78, 5) is 41.3. The Morgan fingerprint density at radius 2 is 1.73 bits per heavy atom. The van der Waals surface area contributed by atoms with Crippen LogP contribution in [0.5, 0.6) is 0 Å². The molecule has 5 unspecified atom stereocenters. The molecular weight excluding hydrogens is 400 g/mol. The number of nitrogens with zero attached hydrogens (tertiary/aromatic N) is 3. The normalized spacial score (nSPS) is 28.0. The summed E-state index contributed by atoms with van der Waals surface area (Å²) in [5, 5.41) is 11.7. The Labute approximate surface area is 178 Å². The molecule has 1 aromatic carbocycles. The number of benzene rings is 1. The van der Waals surface area contributed by atoms with Gasteiger partial charge in [0.15, 0.2) is 0 Å². The molecule has 6 rings (SSSR count). The summed E-state index contributed by atoms with van der Waals surface area (Å²) in [5.74, 6) is -1.33. The summed E-state index contributed by atoms with van der Waals surface area (Å²) >= 11 is 1.26. The van der Waals surface area contributed by atoms with Crippen LogP contribution in [0.15, 0.2) is 42.5 Å². The summed E-state index contributed by atoms with van der Waals surface area (Å²) in [6.45, 7) is 1.80. The molecular formula is C22H22N4O3S. The first-order valence-electron chi connectivity index (χ1n) is 10.2. The third-order valence-corrected chi connectivity index (χ3v) is 7.19. The van der Waals surface area contributed by atoms with E-state index in [2.05, 4.69) is 27.7 Å². The molecule has 2 fully saturated rings. The molecule has 8 heteroatoms. The topological polar surface area (TPSA) is 92.3 Å². The molecule has 1 saturated carbocycles. The average Bonchev–Trinajstić information content (AvgIpc) is 3.29. The minimum Gasteiger partial charge on any atom is -0.299 e. The third kappa shape index (κ3) is 3.15. The van der Waals surface area contributed by atoms with Crippen LogP contribution >= 0.6 is 11.3 Å². The number of allylic oxidation sites excluding steroid dienone is 2. The van der Waals surface area contributed by atoms with Crippen molar-refractivity contribution in [2.75, 3.05) is 5.32 Å². The van der Waals surface area contributed by atoms with Gasteiger partial charge in [-0.25, -0.2) is 0 Å². The van der Waals surface area contributed by atoms with Gasteiger partial charge in [-0.05, 0) is 37.2 Å². The molecule has 4 aliphatic rings. The molecule has 1 aliphatic heterocycles. The predicted molar refractivity (Wildman–Crippen MR) is 111 cm³/mol. The van der Waals surface area contributed by atoms with Crippen LogP contribution in [0.3, 0.4) is 0 Å².